The summed E-state index contributed by atoms with van der Waals surface area (Å²) in [5.74, 6) is -0.206. The van der Waals surface area contributed by atoms with Gasteiger partial charge in [0.25, 0.3) is 5.91 Å². The highest BCUT2D eigenvalue weighted by Gasteiger charge is 2.23. The fourth-order valence-corrected chi connectivity index (χ4v) is 1.63. The van der Waals surface area contributed by atoms with Gasteiger partial charge in [-0.25, -0.2) is 0 Å². The lowest BCUT2D eigenvalue weighted by atomic mass is 9.97. The van der Waals surface area contributed by atoms with E-state index in [0.717, 1.165) is 5.56 Å². The van der Waals surface area contributed by atoms with Crippen LogP contribution in [-0.2, 0) is 0 Å². The predicted octanol–water partition coefficient (Wildman–Crippen LogP) is 1.86. The molecule has 1 rings (SSSR count). The molecule has 1 aromatic carbocycles. The van der Waals surface area contributed by atoms with Crippen LogP contribution in [0.5, 0.6) is 0 Å². The molecule has 0 aromatic heterocycles. The first-order valence-corrected chi connectivity index (χ1v) is 6.28. The summed E-state index contributed by atoms with van der Waals surface area (Å²) in [6, 6.07) is 5.20. The van der Waals surface area contributed by atoms with Gasteiger partial charge in [-0.15, -0.1) is 0 Å². The molecule has 0 radical (unpaired) electrons. The molecule has 0 fully saturated rings. The van der Waals surface area contributed by atoms with E-state index < -0.39 is 5.60 Å². The van der Waals surface area contributed by atoms with Crippen LogP contribution in [0.2, 0.25) is 0 Å². The molecule has 1 aromatic rings. The minimum absolute atomic E-state index is 0.206. The number of anilines is 1. The van der Waals surface area contributed by atoms with Crippen molar-refractivity contribution in [3.8, 4) is 0 Å². The molecule has 4 nitrogen and oxygen atoms in total. The number of hydrogen-bond acceptors (Lipinski definition) is 3. The highest BCUT2D eigenvalue weighted by molar-refractivity contribution is 5.95. The lowest BCUT2D eigenvalue weighted by Crippen LogP contribution is -2.42. The zero-order valence-electron chi connectivity index (χ0n) is 11.3. The summed E-state index contributed by atoms with van der Waals surface area (Å²) in [5, 5.41) is 12.8. The Labute approximate surface area is 108 Å². The molecule has 4 N–H and O–H groups in total. The largest absolute Gasteiger partial charge is 0.398 e. The van der Waals surface area contributed by atoms with Gasteiger partial charge in [0.1, 0.15) is 0 Å². The number of benzene rings is 1. The molecule has 4 heteroatoms. The van der Waals surface area contributed by atoms with Crippen molar-refractivity contribution < 1.29 is 9.90 Å². The van der Waals surface area contributed by atoms with E-state index in [1.54, 1.807) is 12.1 Å². The van der Waals surface area contributed by atoms with E-state index in [4.69, 9.17) is 5.73 Å². The van der Waals surface area contributed by atoms with Gasteiger partial charge in [-0.1, -0.05) is 19.9 Å². The third kappa shape index (κ3) is 3.47. The molecule has 0 aliphatic heterocycles. The van der Waals surface area contributed by atoms with Crippen molar-refractivity contribution in [2.75, 3.05) is 12.3 Å². The van der Waals surface area contributed by atoms with Gasteiger partial charge in [-0.2, -0.15) is 0 Å². The standard InChI is InChI=1S/C14H22N2O2/c1-4-14(18,5-2)9-16-13(17)11-7-6-10(3)12(15)8-11/h6-8,18H,4-5,9,15H2,1-3H3,(H,16,17). The average Bonchev–Trinajstić information content (AvgIpc) is 2.38. The molecule has 0 aliphatic rings. The smallest absolute Gasteiger partial charge is 0.251 e. The highest BCUT2D eigenvalue weighted by Crippen LogP contribution is 2.15. The summed E-state index contributed by atoms with van der Waals surface area (Å²) in [7, 11) is 0. The quantitative estimate of drug-likeness (QED) is 0.698. The number of aliphatic hydroxyl groups is 1. The number of nitrogens with two attached hydrogens (primary N) is 1. The number of amides is 1. The van der Waals surface area contributed by atoms with Crippen LogP contribution in [0, 0.1) is 6.92 Å². The number of aryl methyl sites for hydroxylation is 1. The fraction of sp³-hybridized carbons (Fsp3) is 0.500. The van der Waals surface area contributed by atoms with E-state index in [1.165, 1.54) is 0 Å². The second kappa shape index (κ2) is 5.87. The zero-order chi connectivity index (χ0) is 13.8. The van der Waals surface area contributed by atoms with E-state index >= 15 is 0 Å². The van der Waals surface area contributed by atoms with Gasteiger partial charge in [0.05, 0.1) is 5.60 Å². The van der Waals surface area contributed by atoms with Crippen molar-refractivity contribution in [2.45, 2.75) is 39.2 Å². The predicted molar refractivity (Wildman–Crippen MR) is 73.5 cm³/mol. The van der Waals surface area contributed by atoms with Crippen LogP contribution in [0.3, 0.4) is 0 Å². The average molecular weight is 250 g/mol. The van der Waals surface area contributed by atoms with Crippen LogP contribution in [0.15, 0.2) is 18.2 Å². The molecule has 0 heterocycles. The third-order valence-corrected chi connectivity index (χ3v) is 3.44. The van der Waals surface area contributed by atoms with E-state index in [0.29, 0.717) is 24.1 Å². The summed E-state index contributed by atoms with van der Waals surface area (Å²) in [5.41, 5.74) is 7.01. The molecular formula is C14H22N2O2. The summed E-state index contributed by atoms with van der Waals surface area (Å²) >= 11 is 0. The van der Waals surface area contributed by atoms with Gasteiger partial charge < -0.3 is 16.2 Å². The van der Waals surface area contributed by atoms with E-state index in [2.05, 4.69) is 5.32 Å². The molecule has 0 saturated carbocycles. The van der Waals surface area contributed by atoms with Crippen molar-refractivity contribution in [3.05, 3.63) is 29.3 Å². The molecule has 0 aliphatic carbocycles. The highest BCUT2D eigenvalue weighted by atomic mass is 16.3. The molecular weight excluding hydrogens is 228 g/mol. The Morgan fingerprint density at radius 1 is 1.39 bits per heavy atom. The normalized spacial score (nSPS) is 11.3. The van der Waals surface area contributed by atoms with Gasteiger partial charge in [-0.05, 0) is 37.5 Å². The molecule has 1 amide bonds. The Kier molecular flexibility index (Phi) is 4.73. The Hall–Kier alpha value is -1.55. The van der Waals surface area contributed by atoms with Crippen LogP contribution in [0.4, 0.5) is 5.69 Å². The molecule has 0 bridgehead atoms. The van der Waals surface area contributed by atoms with E-state index in [1.807, 2.05) is 26.8 Å². The second-order valence-electron chi connectivity index (χ2n) is 4.69. The maximum Gasteiger partial charge on any atom is 0.251 e. The maximum absolute atomic E-state index is 11.9. The van der Waals surface area contributed by atoms with Gasteiger partial charge >= 0.3 is 0 Å². The molecule has 0 spiro atoms. The van der Waals surface area contributed by atoms with Gasteiger partial charge in [0.2, 0.25) is 0 Å². The lowest BCUT2D eigenvalue weighted by molar-refractivity contribution is 0.0314. The first-order chi connectivity index (χ1) is 8.41. The summed E-state index contributed by atoms with van der Waals surface area (Å²) in [6.07, 6.45) is 1.22. The number of rotatable bonds is 5. The number of hydrogen-bond donors (Lipinski definition) is 3. The number of carbonyl (C=O) groups excluding carboxylic acids is 1. The number of nitrogens with one attached hydrogen (secondary N) is 1. The van der Waals surface area contributed by atoms with Gasteiger partial charge in [-0.3, -0.25) is 4.79 Å². The third-order valence-electron chi connectivity index (χ3n) is 3.44. The van der Waals surface area contributed by atoms with Crippen molar-refractivity contribution in [2.24, 2.45) is 0 Å². The first kappa shape index (κ1) is 14.5. The Morgan fingerprint density at radius 3 is 2.50 bits per heavy atom. The van der Waals surface area contributed by atoms with Gasteiger partial charge in [0.15, 0.2) is 0 Å². The minimum Gasteiger partial charge on any atom is -0.398 e. The molecule has 0 atom stereocenters. The Bertz CT molecular complexity index is 426. The second-order valence-corrected chi connectivity index (χ2v) is 4.69. The fourth-order valence-electron chi connectivity index (χ4n) is 1.63. The van der Waals surface area contributed by atoms with E-state index in [9.17, 15) is 9.90 Å². The van der Waals surface area contributed by atoms with Crippen molar-refractivity contribution in [1.29, 1.82) is 0 Å². The van der Waals surface area contributed by atoms with Crippen LogP contribution >= 0.6 is 0 Å². The topological polar surface area (TPSA) is 75.3 Å². The summed E-state index contributed by atoms with van der Waals surface area (Å²) in [6.45, 7) is 5.95. The van der Waals surface area contributed by atoms with Crippen LogP contribution in [0.25, 0.3) is 0 Å². The number of carbonyl (C=O) groups is 1. The van der Waals surface area contributed by atoms with Crippen LogP contribution in [0.1, 0.15) is 42.6 Å². The lowest BCUT2D eigenvalue weighted by Gasteiger charge is -2.25. The number of nitrogen functional groups attached to an aromatic ring is 1. The minimum atomic E-state index is -0.827. The van der Waals surface area contributed by atoms with Crippen LogP contribution in [-0.4, -0.2) is 23.2 Å². The van der Waals surface area contributed by atoms with E-state index in [-0.39, 0.29) is 12.5 Å². The van der Waals surface area contributed by atoms with Crippen molar-refractivity contribution in [3.63, 3.8) is 0 Å². The maximum atomic E-state index is 11.9. The monoisotopic (exact) mass is 250 g/mol. The molecule has 0 unspecified atom stereocenters. The zero-order valence-corrected chi connectivity index (χ0v) is 11.3. The SMILES string of the molecule is CCC(O)(CC)CNC(=O)c1ccc(C)c(N)c1. The summed E-state index contributed by atoms with van der Waals surface area (Å²) in [4.78, 5) is 11.9. The Balaban J connectivity index is 2.68. The molecule has 18 heavy (non-hydrogen) atoms. The summed E-state index contributed by atoms with van der Waals surface area (Å²) < 4.78 is 0. The van der Waals surface area contributed by atoms with Crippen molar-refractivity contribution in [1.82, 2.24) is 5.32 Å². The van der Waals surface area contributed by atoms with Crippen molar-refractivity contribution >= 4 is 11.6 Å². The van der Waals surface area contributed by atoms with Gasteiger partial charge in [0, 0.05) is 17.8 Å². The first-order valence-electron chi connectivity index (χ1n) is 6.28. The Morgan fingerprint density at radius 2 is 2.00 bits per heavy atom. The molecule has 0 saturated heterocycles. The van der Waals surface area contributed by atoms with Crippen LogP contribution < -0.4 is 11.1 Å². The molecule has 100 valence electrons.